The van der Waals surface area contributed by atoms with Gasteiger partial charge < -0.3 is 24.7 Å². The average molecular weight is 401 g/mol. The molecule has 0 unspecified atom stereocenters. The third kappa shape index (κ3) is 6.19. The number of urea groups is 1. The van der Waals surface area contributed by atoms with Gasteiger partial charge in [-0.05, 0) is 49.4 Å². The molecule has 2 aliphatic rings. The Bertz CT molecular complexity index is 796. The van der Waals surface area contributed by atoms with E-state index in [-0.39, 0.29) is 6.03 Å². The van der Waals surface area contributed by atoms with Gasteiger partial charge in [0.2, 0.25) is 0 Å². The van der Waals surface area contributed by atoms with Gasteiger partial charge in [-0.25, -0.2) is 4.79 Å². The summed E-state index contributed by atoms with van der Waals surface area (Å²) in [6.07, 6.45) is 5.58. The summed E-state index contributed by atoms with van der Waals surface area (Å²) in [4.78, 5) is 14.5. The van der Waals surface area contributed by atoms with Gasteiger partial charge in [-0.2, -0.15) is 0 Å². The smallest absolute Gasteiger partial charge is 0.319 e. The molecule has 1 aliphatic carbocycles. The van der Waals surface area contributed by atoms with Crippen molar-refractivity contribution in [3.8, 4) is 0 Å². The van der Waals surface area contributed by atoms with E-state index in [0.717, 1.165) is 69.4 Å². The van der Waals surface area contributed by atoms with Crippen LogP contribution in [0.2, 0.25) is 0 Å². The van der Waals surface area contributed by atoms with Crippen LogP contribution in [-0.4, -0.2) is 68.1 Å². The summed E-state index contributed by atoms with van der Waals surface area (Å²) in [7, 11) is 0. The van der Waals surface area contributed by atoms with E-state index in [9.17, 15) is 4.79 Å². The van der Waals surface area contributed by atoms with Crippen LogP contribution >= 0.6 is 0 Å². The van der Waals surface area contributed by atoms with Gasteiger partial charge in [0.1, 0.15) is 0 Å². The molecule has 2 aromatic rings. The first-order valence-electron chi connectivity index (χ1n) is 10.8. The van der Waals surface area contributed by atoms with E-state index in [0.29, 0.717) is 13.2 Å². The first-order valence-corrected chi connectivity index (χ1v) is 10.8. The molecule has 1 aliphatic heterocycles. The highest BCUT2D eigenvalue weighted by Crippen LogP contribution is 2.28. The van der Waals surface area contributed by atoms with Crippen molar-refractivity contribution in [2.45, 2.75) is 25.8 Å². The van der Waals surface area contributed by atoms with Gasteiger partial charge in [0, 0.05) is 68.7 Å². The highest BCUT2D eigenvalue weighted by atomic mass is 16.5. The Hall–Kier alpha value is -2.09. The second-order valence-corrected chi connectivity index (χ2v) is 7.99. The molecular formula is C22H32N4O3. The summed E-state index contributed by atoms with van der Waals surface area (Å²) < 4.78 is 13.3. The van der Waals surface area contributed by atoms with Crippen molar-refractivity contribution in [2.24, 2.45) is 5.92 Å². The second kappa shape index (κ2) is 10.1. The number of benzene rings is 1. The molecule has 2 heterocycles. The molecular weight excluding hydrogens is 368 g/mol. The third-order valence-electron chi connectivity index (χ3n) is 5.59. The van der Waals surface area contributed by atoms with Crippen molar-refractivity contribution in [2.75, 3.05) is 57.9 Å². The fourth-order valence-electron chi connectivity index (χ4n) is 3.63. The van der Waals surface area contributed by atoms with Gasteiger partial charge in [0.25, 0.3) is 0 Å². The zero-order valence-electron chi connectivity index (χ0n) is 17.1. The highest BCUT2D eigenvalue weighted by molar-refractivity contribution is 5.92. The van der Waals surface area contributed by atoms with E-state index in [2.05, 4.69) is 38.4 Å². The van der Waals surface area contributed by atoms with E-state index >= 15 is 0 Å². The molecule has 2 amide bonds. The van der Waals surface area contributed by atoms with Gasteiger partial charge in [0.05, 0.1) is 13.2 Å². The Labute approximate surface area is 172 Å². The number of ether oxygens (including phenoxy) is 2. The molecule has 158 valence electrons. The summed E-state index contributed by atoms with van der Waals surface area (Å²) in [5, 5.41) is 6.96. The van der Waals surface area contributed by atoms with E-state index < -0.39 is 0 Å². The average Bonchev–Trinajstić information content (AvgIpc) is 3.48. The minimum atomic E-state index is -0.168. The summed E-state index contributed by atoms with van der Waals surface area (Å²) in [6.45, 7) is 7.87. The van der Waals surface area contributed by atoms with E-state index in [4.69, 9.17) is 9.47 Å². The Balaban J connectivity index is 1.20. The zero-order chi connectivity index (χ0) is 19.9. The number of carbonyl (C=O) groups is 1. The van der Waals surface area contributed by atoms with Crippen LogP contribution in [0.25, 0.3) is 10.9 Å². The summed E-state index contributed by atoms with van der Waals surface area (Å²) in [5.74, 6) is 0.787. The number of hydrogen-bond acceptors (Lipinski definition) is 4. The van der Waals surface area contributed by atoms with E-state index in [1.54, 1.807) is 0 Å². The van der Waals surface area contributed by atoms with Crippen molar-refractivity contribution < 1.29 is 14.3 Å². The maximum Gasteiger partial charge on any atom is 0.319 e. The maximum absolute atomic E-state index is 12.1. The van der Waals surface area contributed by atoms with Crippen LogP contribution in [0, 0.1) is 5.92 Å². The lowest BCUT2D eigenvalue weighted by Crippen LogP contribution is -2.38. The number of nitrogens with zero attached hydrogens (tertiary/aromatic N) is 2. The number of hydrogen-bond donors (Lipinski definition) is 2. The number of aromatic nitrogens is 1. The Morgan fingerprint density at radius 1 is 1.17 bits per heavy atom. The third-order valence-corrected chi connectivity index (χ3v) is 5.59. The summed E-state index contributed by atoms with van der Waals surface area (Å²) in [5.41, 5.74) is 2.00. The van der Waals surface area contributed by atoms with Crippen LogP contribution in [0.1, 0.15) is 19.3 Å². The van der Waals surface area contributed by atoms with Gasteiger partial charge in [-0.3, -0.25) is 4.90 Å². The Morgan fingerprint density at radius 2 is 2.03 bits per heavy atom. The molecule has 0 radical (unpaired) electrons. The fourth-order valence-corrected chi connectivity index (χ4v) is 3.63. The minimum Gasteiger partial charge on any atom is -0.381 e. The van der Waals surface area contributed by atoms with Crippen LogP contribution < -0.4 is 10.6 Å². The van der Waals surface area contributed by atoms with Crippen molar-refractivity contribution in [1.29, 1.82) is 0 Å². The molecule has 0 atom stereocenters. The first kappa shape index (κ1) is 20.2. The van der Waals surface area contributed by atoms with Crippen LogP contribution in [0.15, 0.2) is 30.5 Å². The molecule has 7 nitrogen and oxygen atoms in total. The number of amides is 2. The highest BCUT2D eigenvalue weighted by Gasteiger charge is 2.20. The molecule has 2 N–H and O–H groups in total. The lowest BCUT2D eigenvalue weighted by molar-refractivity contribution is 0.0365. The molecule has 0 spiro atoms. The number of nitrogens with one attached hydrogen (secondary N) is 2. The molecule has 4 rings (SSSR count). The van der Waals surface area contributed by atoms with Gasteiger partial charge in [0.15, 0.2) is 0 Å². The number of carbonyl (C=O) groups excluding carboxylic acids is 1. The SMILES string of the molecule is O=C(NCCCOCC1CC1)Nc1ccc2c(ccn2CCN2CCOCC2)c1. The number of rotatable bonds is 10. The Kier molecular flexibility index (Phi) is 7.03. The van der Waals surface area contributed by atoms with Crippen LogP contribution in [-0.2, 0) is 16.0 Å². The molecule has 0 bridgehead atoms. The van der Waals surface area contributed by atoms with Gasteiger partial charge >= 0.3 is 6.03 Å². The lowest BCUT2D eigenvalue weighted by Gasteiger charge is -2.26. The fraction of sp³-hybridized carbons (Fsp3) is 0.591. The normalized spacial score (nSPS) is 17.5. The van der Waals surface area contributed by atoms with Crippen molar-refractivity contribution >= 4 is 22.6 Å². The van der Waals surface area contributed by atoms with Crippen LogP contribution in [0.4, 0.5) is 10.5 Å². The second-order valence-electron chi connectivity index (χ2n) is 7.99. The monoisotopic (exact) mass is 400 g/mol. The summed E-state index contributed by atoms with van der Waals surface area (Å²) in [6, 6.07) is 8.01. The number of morpholine rings is 1. The topological polar surface area (TPSA) is 67.8 Å². The largest absolute Gasteiger partial charge is 0.381 e. The zero-order valence-corrected chi connectivity index (χ0v) is 17.1. The maximum atomic E-state index is 12.1. The molecule has 29 heavy (non-hydrogen) atoms. The lowest BCUT2D eigenvalue weighted by atomic mass is 10.2. The van der Waals surface area contributed by atoms with E-state index in [1.165, 1.54) is 18.4 Å². The van der Waals surface area contributed by atoms with Gasteiger partial charge in [-0.15, -0.1) is 0 Å². The molecule has 1 saturated carbocycles. The quantitative estimate of drug-likeness (QED) is 0.602. The minimum absolute atomic E-state index is 0.168. The van der Waals surface area contributed by atoms with Crippen molar-refractivity contribution in [3.05, 3.63) is 30.5 Å². The number of fused-ring (bicyclic) bond motifs is 1. The van der Waals surface area contributed by atoms with Crippen molar-refractivity contribution in [1.82, 2.24) is 14.8 Å². The summed E-state index contributed by atoms with van der Waals surface area (Å²) >= 11 is 0. The predicted octanol–water partition coefficient (Wildman–Crippen LogP) is 2.91. The molecule has 1 aromatic heterocycles. The van der Waals surface area contributed by atoms with Gasteiger partial charge in [-0.1, -0.05) is 0 Å². The molecule has 1 aromatic carbocycles. The molecule has 1 saturated heterocycles. The van der Waals surface area contributed by atoms with E-state index in [1.807, 2.05) is 12.1 Å². The predicted molar refractivity (Wildman–Crippen MR) is 114 cm³/mol. The van der Waals surface area contributed by atoms with Crippen LogP contribution in [0.3, 0.4) is 0 Å². The molecule has 7 heteroatoms. The van der Waals surface area contributed by atoms with Crippen LogP contribution in [0.5, 0.6) is 0 Å². The Morgan fingerprint density at radius 3 is 2.86 bits per heavy atom. The van der Waals surface area contributed by atoms with Crippen molar-refractivity contribution in [3.63, 3.8) is 0 Å². The first-order chi connectivity index (χ1) is 14.3. The standard InChI is InChI=1S/C22H32N4O3/c27-22(23-7-1-13-29-17-18-2-3-18)24-20-4-5-21-19(16-20)6-8-26(21)10-9-25-11-14-28-15-12-25/h4-6,8,16,18H,1-3,7,9-15,17H2,(H2,23,24,27). The number of anilines is 1. The molecule has 2 fully saturated rings.